The van der Waals surface area contributed by atoms with Gasteiger partial charge in [0.25, 0.3) is 0 Å². The van der Waals surface area contributed by atoms with Crippen molar-refractivity contribution in [2.24, 2.45) is 0 Å². The Labute approximate surface area is 77.4 Å². The van der Waals surface area contributed by atoms with E-state index in [9.17, 15) is 0 Å². The van der Waals surface area contributed by atoms with Gasteiger partial charge in [0.2, 0.25) is 5.89 Å². The molecular formula is C8H15N3O2. The predicted octanol–water partition coefficient (Wildman–Crippen LogP) is 0.272. The van der Waals surface area contributed by atoms with Gasteiger partial charge in [-0.05, 0) is 13.8 Å². The number of rotatable bonds is 5. The third kappa shape index (κ3) is 3.12. The number of nitrogens with zero attached hydrogens (tertiary/aromatic N) is 3. The zero-order valence-electron chi connectivity index (χ0n) is 7.97. The molecule has 1 aromatic heterocycles. The van der Waals surface area contributed by atoms with Crippen molar-refractivity contribution in [1.29, 1.82) is 0 Å². The highest BCUT2D eigenvalue weighted by Gasteiger charge is 2.11. The lowest BCUT2D eigenvalue weighted by Crippen LogP contribution is -2.32. The summed E-state index contributed by atoms with van der Waals surface area (Å²) in [6.07, 6.45) is 1.38. The minimum Gasteiger partial charge on any atom is -0.395 e. The first kappa shape index (κ1) is 10.1. The Balaban J connectivity index is 2.47. The molecule has 0 aromatic carbocycles. The van der Waals surface area contributed by atoms with E-state index < -0.39 is 0 Å². The average molecular weight is 185 g/mol. The second kappa shape index (κ2) is 4.94. The van der Waals surface area contributed by atoms with Crippen LogP contribution in [0.5, 0.6) is 0 Å². The molecule has 1 rings (SSSR count). The quantitative estimate of drug-likeness (QED) is 0.713. The van der Waals surface area contributed by atoms with E-state index in [1.54, 1.807) is 0 Å². The molecule has 74 valence electrons. The summed E-state index contributed by atoms with van der Waals surface area (Å²) in [4.78, 5) is 5.98. The van der Waals surface area contributed by atoms with E-state index >= 15 is 0 Å². The number of hydrogen-bond donors (Lipinski definition) is 1. The minimum atomic E-state index is 0.145. The summed E-state index contributed by atoms with van der Waals surface area (Å²) in [5.74, 6) is 0.585. The molecule has 0 spiro atoms. The van der Waals surface area contributed by atoms with Crippen LogP contribution in [-0.2, 0) is 6.54 Å². The maximum atomic E-state index is 8.81. The van der Waals surface area contributed by atoms with Gasteiger partial charge in [-0.1, -0.05) is 5.16 Å². The fraction of sp³-hybridized carbons (Fsp3) is 0.750. The summed E-state index contributed by atoms with van der Waals surface area (Å²) >= 11 is 0. The van der Waals surface area contributed by atoms with Gasteiger partial charge >= 0.3 is 0 Å². The second-order valence-corrected chi connectivity index (χ2v) is 3.12. The number of aromatic nitrogens is 2. The molecule has 0 aliphatic heterocycles. The van der Waals surface area contributed by atoms with E-state index in [4.69, 9.17) is 9.63 Å². The molecule has 1 aromatic rings. The van der Waals surface area contributed by atoms with Crippen LogP contribution in [0.3, 0.4) is 0 Å². The van der Waals surface area contributed by atoms with Crippen molar-refractivity contribution in [3.63, 3.8) is 0 Å². The molecule has 0 saturated carbocycles. The first-order chi connectivity index (χ1) is 6.24. The third-order valence-corrected chi connectivity index (χ3v) is 1.86. The van der Waals surface area contributed by atoms with Crippen LogP contribution in [0.15, 0.2) is 10.9 Å². The van der Waals surface area contributed by atoms with Crippen LogP contribution in [0.4, 0.5) is 0 Å². The molecule has 5 nitrogen and oxygen atoms in total. The van der Waals surface area contributed by atoms with Gasteiger partial charge in [-0.3, -0.25) is 4.90 Å². The number of aliphatic hydroxyl groups is 1. The van der Waals surface area contributed by atoms with E-state index in [-0.39, 0.29) is 6.61 Å². The second-order valence-electron chi connectivity index (χ2n) is 3.12. The molecule has 0 amide bonds. The van der Waals surface area contributed by atoms with Gasteiger partial charge in [0, 0.05) is 12.6 Å². The van der Waals surface area contributed by atoms with Crippen molar-refractivity contribution in [3.05, 3.63) is 12.2 Å². The van der Waals surface area contributed by atoms with Crippen LogP contribution in [0.25, 0.3) is 0 Å². The van der Waals surface area contributed by atoms with Gasteiger partial charge in [-0.2, -0.15) is 4.98 Å². The lowest BCUT2D eigenvalue weighted by atomic mass is 10.3. The smallest absolute Gasteiger partial charge is 0.240 e. The Morgan fingerprint density at radius 2 is 2.38 bits per heavy atom. The number of hydrogen-bond acceptors (Lipinski definition) is 5. The van der Waals surface area contributed by atoms with Crippen LogP contribution in [-0.4, -0.2) is 39.3 Å². The molecule has 0 radical (unpaired) electrons. The fourth-order valence-electron chi connectivity index (χ4n) is 1.09. The molecule has 0 atom stereocenters. The summed E-state index contributed by atoms with van der Waals surface area (Å²) in [6, 6.07) is 0.360. The molecule has 5 heteroatoms. The van der Waals surface area contributed by atoms with Gasteiger partial charge < -0.3 is 9.63 Å². The first-order valence-electron chi connectivity index (χ1n) is 4.34. The van der Waals surface area contributed by atoms with Crippen molar-refractivity contribution >= 4 is 0 Å². The Morgan fingerprint density at radius 1 is 1.62 bits per heavy atom. The lowest BCUT2D eigenvalue weighted by molar-refractivity contribution is 0.144. The molecular weight excluding hydrogens is 170 g/mol. The Kier molecular flexibility index (Phi) is 3.85. The lowest BCUT2D eigenvalue weighted by Gasteiger charge is -2.23. The van der Waals surface area contributed by atoms with Gasteiger partial charge in [0.05, 0.1) is 13.2 Å². The molecule has 1 heterocycles. The van der Waals surface area contributed by atoms with Crippen molar-refractivity contribution in [1.82, 2.24) is 15.0 Å². The maximum absolute atomic E-state index is 8.81. The van der Waals surface area contributed by atoms with E-state index in [0.717, 1.165) is 0 Å². The zero-order valence-corrected chi connectivity index (χ0v) is 7.97. The first-order valence-corrected chi connectivity index (χ1v) is 4.34. The molecule has 13 heavy (non-hydrogen) atoms. The molecule has 1 N–H and O–H groups in total. The fourth-order valence-corrected chi connectivity index (χ4v) is 1.09. The normalized spacial score (nSPS) is 11.5. The highest BCUT2D eigenvalue weighted by atomic mass is 16.5. The van der Waals surface area contributed by atoms with Gasteiger partial charge in [-0.25, -0.2) is 0 Å². The molecule has 0 fully saturated rings. The summed E-state index contributed by atoms with van der Waals surface area (Å²) in [5.41, 5.74) is 0. The molecule has 0 bridgehead atoms. The van der Waals surface area contributed by atoms with E-state index in [2.05, 4.69) is 28.9 Å². The minimum absolute atomic E-state index is 0.145. The standard InChI is InChI=1S/C8H15N3O2/c1-7(2)11(3-4-12)5-8-9-6-10-13-8/h6-7,12H,3-5H2,1-2H3. The predicted molar refractivity (Wildman–Crippen MR) is 46.9 cm³/mol. The van der Waals surface area contributed by atoms with Crippen molar-refractivity contribution in [2.75, 3.05) is 13.2 Å². The third-order valence-electron chi connectivity index (χ3n) is 1.86. The Bertz CT molecular complexity index is 223. The van der Waals surface area contributed by atoms with Crippen LogP contribution in [0.2, 0.25) is 0 Å². The highest BCUT2D eigenvalue weighted by molar-refractivity contribution is 4.76. The van der Waals surface area contributed by atoms with Crippen molar-refractivity contribution in [2.45, 2.75) is 26.4 Å². The zero-order chi connectivity index (χ0) is 9.68. The van der Waals surface area contributed by atoms with Gasteiger partial charge in [-0.15, -0.1) is 0 Å². The van der Waals surface area contributed by atoms with Crippen molar-refractivity contribution in [3.8, 4) is 0 Å². The SMILES string of the molecule is CC(C)N(CCO)Cc1ncno1. The van der Waals surface area contributed by atoms with Crippen molar-refractivity contribution < 1.29 is 9.63 Å². The molecule has 0 aliphatic rings. The van der Waals surface area contributed by atoms with Gasteiger partial charge in [0.15, 0.2) is 6.33 Å². The number of aliphatic hydroxyl groups excluding tert-OH is 1. The van der Waals surface area contributed by atoms with Crippen LogP contribution < -0.4 is 0 Å². The van der Waals surface area contributed by atoms with E-state index in [0.29, 0.717) is 25.0 Å². The summed E-state index contributed by atoms with van der Waals surface area (Å²) in [5, 5.41) is 12.3. The van der Waals surface area contributed by atoms with Crippen LogP contribution in [0.1, 0.15) is 19.7 Å². The monoisotopic (exact) mass is 185 g/mol. The Hall–Kier alpha value is -0.940. The van der Waals surface area contributed by atoms with Gasteiger partial charge in [0.1, 0.15) is 0 Å². The van der Waals surface area contributed by atoms with Crippen LogP contribution >= 0.6 is 0 Å². The average Bonchev–Trinajstić information content (AvgIpc) is 2.56. The van der Waals surface area contributed by atoms with Crippen LogP contribution in [0, 0.1) is 0 Å². The Morgan fingerprint density at radius 3 is 2.85 bits per heavy atom. The molecule has 0 unspecified atom stereocenters. The summed E-state index contributed by atoms with van der Waals surface area (Å²) < 4.78 is 4.88. The van der Waals surface area contributed by atoms with E-state index in [1.165, 1.54) is 6.33 Å². The largest absolute Gasteiger partial charge is 0.395 e. The topological polar surface area (TPSA) is 62.4 Å². The summed E-state index contributed by atoms with van der Waals surface area (Å²) in [6.45, 7) is 5.49. The van der Waals surface area contributed by atoms with E-state index in [1.807, 2.05) is 0 Å². The molecule has 0 saturated heterocycles. The molecule has 0 aliphatic carbocycles. The highest BCUT2D eigenvalue weighted by Crippen LogP contribution is 2.03. The summed E-state index contributed by atoms with van der Waals surface area (Å²) in [7, 11) is 0. The maximum Gasteiger partial charge on any atom is 0.240 e.